The van der Waals surface area contributed by atoms with Crippen LogP contribution >= 0.6 is 11.3 Å². The maximum atomic E-state index is 11.0. The number of aliphatic carboxylic acids is 1. The summed E-state index contributed by atoms with van der Waals surface area (Å²) < 4.78 is 0. The summed E-state index contributed by atoms with van der Waals surface area (Å²) in [6, 6.07) is 0. The summed E-state index contributed by atoms with van der Waals surface area (Å²) in [5, 5.41) is 10.1. The number of carbonyl (C=O) groups is 1. The molecule has 1 N–H and O–H groups in total. The van der Waals surface area contributed by atoms with E-state index in [9.17, 15) is 4.79 Å². The Morgan fingerprint density at radius 1 is 1.30 bits per heavy atom. The second-order valence-corrected chi connectivity index (χ2v) is 7.14. The first-order valence-corrected chi connectivity index (χ1v) is 8.02. The van der Waals surface area contributed by atoms with E-state index in [-0.39, 0.29) is 11.8 Å². The minimum absolute atomic E-state index is 0.0789. The van der Waals surface area contributed by atoms with Crippen molar-refractivity contribution in [2.75, 3.05) is 19.6 Å². The molecule has 0 bridgehead atoms. The predicted molar refractivity (Wildman–Crippen MR) is 83.6 cm³/mol. The van der Waals surface area contributed by atoms with Gasteiger partial charge in [-0.05, 0) is 13.1 Å². The van der Waals surface area contributed by atoms with E-state index >= 15 is 0 Å². The number of carboxylic acids is 1. The molecule has 5 heteroatoms. The van der Waals surface area contributed by atoms with Crippen LogP contribution in [0.1, 0.15) is 50.2 Å². The lowest BCUT2D eigenvalue weighted by Crippen LogP contribution is -2.25. The summed E-state index contributed by atoms with van der Waals surface area (Å²) in [4.78, 5) is 18.9. The Labute approximate surface area is 125 Å². The van der Waals surface area contributed by atoms with Gasteiger partial charge in [0.15, 0.2) is 0 Å². The predicted octanol–water partition coefficient (Wildman–Crippen LogP) is 2.95. The molecule has 4 nitrogen and oxygen atoms in total. The van der Waals surface area contributed by atoms with Gasteiger partial charge >= 0.3 is 5.97 Å². The van der Waals surface area contributed by atoms with Crippen molar-refractivity contribution in [2.45, 2.75) is 52.9 Å². The number of likely N-dealkylation sites (N-methyl/N-ethyl adjacent to an activating group) is 1. The largest absolute Gasteiger partial charge is 0.481 e. The highest BCUT2D eigenvalue weighted by Gasteiger charge is 2.24. The van der Waals surface area contributed by atoms with E-state index in [2.05, 4.69) is 39.5 Å². The van der Waals surface area contributed by atoms with Crippen molar-refractivity contribution in [1.29, 1.82) is 0 Å². The molecule has 0 aliphatic heterocycles. The van der Waals surface area contributed by atoms with Crippen LogP contribution < -0.4 is 0 Å². The number of hydrogen-bond acceptors (Lipinski definition) is 4. The lowest BCUT2D eigenvalue weighted by atomic mass is 9.91. The first-order valence-electron chi connectivity index (χ1n) is 7.21. The average molecular weight is 298 g/mol. The molecule has 0 spiro atoms. The Morgan fingerprint density at radius 2 is 1.90 bits per heavy atom. The van der Waals surface area contributed by atoms with E-state index in [0.29, 0.717) is 0 Å². The van der Waals surface area contributed by atoms with E-state index < -0.39 is 5.97 Å². The van der Waals surface area contributed by atoms with Crippen LogP contribution in [0.4, 0.5) is 0 Å². The number of carboxylic acid groups (broad SMARTS) is 1. The minimum Gasteiger partial charge on any atom is -0.481 e. The fourth-order valence-electron chi connectivity index (χ4n) is 2.14. The molecule has 20 heavy (non-hydrogen) atoms. The molecule has 1 aromatic rings. The Kier molecular flexibility index (Phi) is 6.14. The van der Waals surface area contributed by atoms with Crippen molar-refractivity contribution in [3.63, 3.8) is 0 Å². The second-order valence-electron chi connectivity index (χ2n) is 5.98. The molecule has 1 aromatic heterocycles. The first-order chi connectivity index (χ1) is 9.27. The maximum absolute atomic E-state index is 11.0. The summed E-state index contributed by atoms with van der Waals surface area (Å²) in [6.45, 7) is 13.6. The first kappa shape index (κ1) is 17.1. The molecule has 114 valence electrons. The molecule has 1 heterocycles. The fraction of sp³-hybridized carbons (Fsp3) is 0.733. The van der Waals surface area contributed by atoms with Crippen LogP contribution in [0.2, 0.25) is 0 Å². The zero-order chi connectivity index (χ0) is 15.3. The molecule has 0 atom stereocenters. The van der Waals surface area contributed by atoms with Gasteiger partial charge in [0, 0.05) is 23.3 Å². The Balaban J connectivity index is 2.88. The summed E-state index contributed by atoms with van der Waals surface area (Å²) in [5.74, 6) is -0.783. The number of aromatic nitrogens is 1. The molecule has 0 fully saturated rings. The Morgan fingerprint density at radius 3 is 2.35 bits per heavy atom. The monoisotopic (exact) mass is 298 g/mol. The summed E-state index contributed by atoms with van der Waals surface area (Å²) in [5.41, 5.74) is 0.841. The van der Waals surface area contributed by atoms with Gasteiger partial charge in [-0.15, -0.1) is 11.3 Å². The van der Waals surface area contributed by atoms with Crippen LogP contribution in [0.5, 0.6) is 0 Å². The lowest BCUT2D eigenvalue weighted by Gasteiger charge is -2.17. The van der Waals surface area contributed by atoms with E-state index in [4.69, 9.17) is 10.1 Å². The molecular formula is C15H26N2O2S. The average Bonchev–Trinajstić information content (AvgIpc) is 2.72. The quantitative estimate of drug-likeness (QED) is 0.841. The number of hydrogen-bond donors (Lipinski definition) is 1. The summed E-state index contributed by atoms with van der Waals surface area (Å²) in [6.07, 6.45) is 0.977. The van der Waals surface area contributed by atoms with Gasteiger partial charge in [0.2, 0.25) is 0 Å². The zero-order valence-corrected chi connectivity index (χ0v) is 14.0. The van der Waals surface area contributed by atoms with Crippen LogP contribution in [0.3, 0.4) is 0 Å². The molecule has 0 aliphatic rings. The van der Waals surface area contributed by atoms with E-state index in [0.717, 1.165) is 41.6 Å². The highest BCUT2D eigenvalue weighted by Crippen LogP contribution is 2.30. The van der Waals surface area contributed by atoms with Crippen LogP contribution in [0, 0.1) is 0 Å². The van der Waals surface area contributed by atoms with Crippen molar-refractivity contribution in [1.82, 2.24) is 9.88 Å². The smallest absolute Gasteiger partial charge is 0.308 e. The zero-order valence-electron chi connectivity index (χ0n) is 13.2. The third-order valence-electron chi connectivity index (χ3n) is 3.30. The number of rotatable bonds is 7. The molecule has 0 unspecified atom stereocenters. The molecule has 0 radical (unpaired) electrons. The van der Waals surface area contributed by atoms with Gasteiger partial charge in [-0.25, -0.2) is 4.98 Å². The van der Waals surface area contributed by atoms with Gasteiger partial charge in [-0.1, -0.05) is 34.6 Å². The number of thiazole rings is 1. The molecule has 0 saturated heterocycles. The third kappa shape index (κ3) is 4.87. The molecule has 1 rings (SSSR count). The van der Waals surface area contributed by atoms with Crippen molar-refractivity contribution in [2.24, 2.45) is 0 Å². The van der Waals surface area contributed by atoms with Gasteiger partial charge in [0.05, 0.1) is 17.1 Å². The van der Waals surface area contributed by atoms with E-state index in [1.165, 1.54) is 0 Å². The maximum Gasteiger partial charge on any atom is 0.308 e. The number of nitrogens with zero attached hydrogens (tertiary/aromatic N) is 2. The van der Waals surface area contributed by atoms with Crippen LogP contribution in [-0.2, 0) is 23.1 Å². The van der Waals surface area contributed by atoms with Gasteiger partial charge in [-0.3, -0.25) is 4.79 Å². The van der Waals surface area contributed by atoms with Gasteiger partial charge in [0.25, 0.3) is 0 Å². The topological polar surface area (TPSA) is 53.4 Å². The van der Waals surface area contributed by atoms with Crippen molar-refractivity contribution < 1.29 is 9.90 Å². The third-order valence-corrected chi connectivity index (χ3v) is 4.42. The molecule has 0 aliphatic carbocycles. The molecule has 0 amide bonds. The van der Waals surface area contributed by atoms with Gasteiger partial charge < -0.3 is 10.0 Å². The highest BCUT2D eigenvalue weighted by atomic mass is 32.1. The SMILES string of the molecule is CCN(CC)CCc1nc(C(C)(C)C)c(CC(=O)O)s1. The van der Waals surface area contributed by atoms with Crippen LogP contribution in [0.25, 0.3) is 0 Å². The molecule has 0 saturated carbocycles. The van der Waals surface area contributed by atoms with Crippen LogP contribution in [0.15, 0.2) is 0 Å². The van der Waals surface area contributed by atoms with E-state index in [1.54, 1.807) is 11.3 Å². The molecule has 0 aromatic carbocycles. The minimum atomic E-state index is -0.783. The summed E-state index contributed by atoms with van der Waals surface area (Å²) in [7, 11) is 0. The Hall–Kier alpha value is -0.940. The highest BCUT2D eigenvalue weighted by molar-refractivity contribution is 7.11. The van der Waals surface area contributed by atoms with Crippen LogP contribution in [-0.4, -0.2) is 40.6 Å². The van der Waals surface area contributed by atoms with Crippen molar-refractivity contribution in [3.05, 3.63) is 15.6 Å². The van der Waals surface area contributed by atoms with E-state index in [1.807, 2.05) is 0 Å². The standard InChI is InChI=1S/C15H26N2O2S/c1-6-17(7-2)9-8-12-16-14(15(3,4)5)11(20-12)10-13(18)19/h6-10H2,1-5H3,(H,18,19). The lowest BCUT2D eigenvalue weighted by molar-refractivity contribution is -0.136. The van der Waals surface area contributed by atoms with Gasteiger partial charge in [-0.2, -0.15) is 0 Å². The Bertz CT molecular complexity index is 445. The molecular weight excluding hydrogens is 272 g/mol. The van der Waals surface area contributed by atoms with Crippen molar-refractivity contribution >= 4 is 17.3 Å². The normalized spacial score (nSPS) is 12.1. The fourth-order valence-corrected chi connectivity index (χ4v) is 3.40. The summed E-state index contributed by atoms with van der Waals surface area (Å²) >= 11 is 1.56. The van der Waals surface area contributed by atoms with Crippen molar-refractivity contribution in [3.8, 4) is 0 Å². The second kappa shape index (κ2) is 7.18. The van der Waals surface area contributed by atoms with Gasteiger partial charge in [0.1, 0.15) is 0 Å².